The summed E-state index contributed by atoms with van der Waals surface area (Å²) in [4.78, 5) is 8.93. The molecule has 0 aliphatic rings. The average Bonchev–Trinajstić information content (AvgIpc) is 3.15. The van der Waals surface area contributed by atoms with Gasteiger partial charge < -0.3 is 14.2 Å². The highest BCUT2D eigenvalue weighted by Gasteiger charge is 2.11. The molecule has 6 nitrogen and oxygen atoms in total. The van der Waals surface area contributed by atoms with Gasteiger partial charge in [0.2, 0.25) is 0 Å². The molecule has 0 amide bonds. The van der Waals surface area contributed by atoms with Crippen molar-refractivity contribution < 1.29 is 9.62 Å². The van der Waals surface area contributed by atoms with E-state index in [-0.39, 0.29) is 0 Å². The van der Waals surface area contributed by atoms with Crippen LogP contribution < -0.4 is 5.36 Å². The first-order valence-electron chi connectivity index (χ1n) is 8.88. The number of hydrogen-bond acceptors (Lipinski definition) is 5. The third-order valence-corrected chi connectivity index (χ3v) is 4.71. The molecule has 136 valence electrons. The highest BCUT2D eigenvalue weighted by atomic mass is 16.4. The number of para-hydroxylation sites is 1. The molecule has 0 atom stereocenters. The summed E-state index contributed by atoms with van der Waals surface area (Å²) in [5.41, 5.74) is 4.25. The molecule has 28 heavy (non-hydrogen) atoms. The summed E-state index contributed by atoms with van der Waals surface area (Å²) in [6.45, 7) is 0.715. The van der Waals surface area contributed by atoms with Crippen LogP contribution in [0.3, 0.4) is 0 Å². The first kappa shape index (κ1) is 16.3. The number of benzene rings is 2. The maximum absolute atomic E-state index is 9.40. The number of aromatic nitrogens is 3. The second-order valence-corrected chi connectivity index (χ2v) is 6.51. The summed E-state index contributed by atoms with van der Waals surface area (Å²) < 4.78 is 8.09. The number of rotatable bonds is 3. The molecule has 2 aromatic carbocycles. The maximum Gasteiger partial charge on any atom is 0.155 e. The molecule has 0 fully saturated rings. The van der Waals surface area contributed by atoms with Crippen LogP contribution in [0.1, 0.15) is 5.56 Å². The Bertz CT molecular complexity index is 1350. The minimum absolute atomic E-state index is 0.441. The van der Waals surface area contributed by atoms with Gasteiger partial charge in [0.1, 0.15) is 22.2 Å². The Labute approximate surface area is 160 Å². The van der Waals surface area contributed by atoms with Crippen LogP contribution in [0.2, 0.25) is 0 Å². The molecule has 5 aromatic rings. The van der Waals surface area contributed by atoms with Crippen LogP contribution in [0, 0.1) is 0 Å². The van der Waals surface area contributed by atoms with Crippen LogP contribution in [-0.4, -0.2) is 19.7 Å². The Morgan fingerprint density at radius 1 is 0.964 bits per heavy atom. The summed E-state index contributed by atoms with van der Waals surface area (Å²) in [5.74, 6) is 0.529. The fourth-order valence-electron chi connectivity index (χ4n) is 3.33. The molecule has 0 aliphatic carbocycles. The molecule has 0 radical (unpaired) electrons. The van der Waals surface area contributed by atoms with Crippen LogP contribution in [0.15, 0.2) is 88.8 Å². The molecule has 1 N–H and O–H groups in total. The van der Waals surface area contributed by atoms with Gasteiger partial charge in [0.05, 0.1) is 18.0 Å². The predicted octanol–water partition coefficient (Wildman–Crippen LogP) is 4.18. The molecule has 0 aliphatic heterocycles. The lowest BCUT2D eigenvalue weighted by Gasteiger charge is -2.06. The monoisotopic (exact) mass is 368 g/mol. The van der Waals surface area contributed by atoms with E-state index >= 15 is 0 Å². The summed E-state index contributed by atoms with van der Waals surface area (Å²) in [5, 5.41) is 14.0. The van der Waals surface area contributed by atoms with Crippen LogP contribution in [0.5, 0.6) is 0 Å². The molecule has 3 heterocycles. The van der Waals surface area contributed by atoms with Crippen molar-refractivity contribution in [1.29, 1.82) is 0 Å². The van der Waals surface area contributed by atoms with Gasteiger partial charge in [-0.3, -0.25) is 4.98 Å². The normalized spacial score (nSPS) is 12.1. The molecule has 0 bridgehead atoms. The van der Waals surface area contributed by atoms with E-state index in [4.69, 9.17) is 4.42 Å². The van der Waals surface area contributed by atoms with Crippen LogP contribution in [0.25, 0.3) is 33.5 Å². The fourth-order valence-corrected chi connectivity index (χ4v) is 3.33. The molecule has 0 saturated heterocycles. The van der Waals surface area contributed by atoms with Crippen molar-refractivity contribution in [3.8, 4) is 11.5 Å². The standard InChI is InChI=1S/C22H16N4O2/c27-25-17-11-22(28-21-9-5-4-8-16(17)21)18-10-20-19(12-23-18)24-14-26(20)13-15-6-2-1-3-7-15/h1-12,14,27H,13H2. The Kier molecular flexibility index (Phi) is 3.87. The Morgan fingerprint density at radius 2 is 1.79 bits per heavy atom. The first-order chi connectivity index (χ1) is 13.8. The van der Waals surface area contributed by atoms with Crippen molar-refractivity contribution in [2.24, 2.45) is 5.16 Å². The lowest BCUT2D eigenvalue weighted by Crippen LogP contribution is -2.03. The van der Waals surface area contributed by atoms with Crippen molar-refractivity contribution in [2.75, 3.05) is 0 Å². The quantitative estimate of drug-likeness (QED) is 0.383. The highest BCUT2D eigenvalue weighted by Crippen LogP contribution is 2.24. The molecule has 3 aromatic heterocycles. The summed E-state index contributed by atoms with van der Waals surface area (Å²) >= 11 is 0. The lowest BCUT2D eigenvalue weighted by atomic mass is 10.2. The van der Waals surface area contributed by atoms with Crippen molar-refractivity contribution in [3.63, 3.8) is 0 Å². The molecule has 0 spiro atoms. The third-order valence-electron chi connectivity index (χ3n) is 4.71. The second-order valence-electron chi connectivity index (χ2n) is 6.51. The zero-order chi connectivity index (χ0) is 18.9. The Balaban J connectivity index is 1.64. The average molecular weight is 368 g/mol. The number of hydrogen-bond donors (Lipinski definition) is 1. The van der Waals surface area contributed by atoms with Crippen LogP contribution in [-0.2, 0) is 6.54 Å². The number of imidazole rings is 1. The van der Waals surface area contributed by atoms with Crippen LogP contribution in [0.4, 0.5) is 0 Å². The topological polar surface area (TPSA) is 76.4 Å². The van der Waals surface area contributed by atoms with Crippen molar-refractivity contribution in [2.45, 2.75) is 6.54 Å². The minimum Gasteiger partial charge on any atom is -0.454 e. The summed E-state index contributed by atoms with van der Waals surface area (Å²) in [7, 11) is 0. The van der Waals surface area contributed by atoms with Gasteiger partial charge in [-0.05, 0) is 23.8 Å². The zero-order valence-corrected chi connectivity index (χ0v) is 14.9. The highest BCUT2D eigenvalue weighted by molar-refractivity contribution is 5.81. The first-order valence-corrected chi connectivity index (χ1v) is 8.88. The van der Waals surface area contributed by atoms with Gasteiger partial charge in [0, 0.05) is 18.0 Å². The minimum atomic E-state index is 0.441. The van der Waals surface area contributed by atoms with Crippen LogP contribution >= 0.6 is 0 Å². The molecular formula is C22H16N4O2. The lowest BCUT2D eigenvalue weighted by molar-refractivity contribution is 0.302. The van der Waals surface area contributed by atoms with Gasteiger partial charge in [-0.25, -0.2) is 4.98 Å². The predicted molar refractivity (Wildman–Crippen MR) is 106 cm³/mol. The Hall–Kier alpha value is -3.93. The van der Waals surface area contributed by atoms with E-state index in [0.717, 1.165) is 16.4 Å². The maximum atomic E-state index is 9.40. The second kappa shape index (κ2) is 6.66. The van der Waals surface area contributed by atoms with Gasteiger partial charge in [-0.2, -0.15) is 0 Å². The number of fused-ring (bicyclic) bond motifs is 2. The van der Waals surface area contributed by atoms with Gasteiger partial charge in [-0.1, -0.05) is 47.6 Å². The van der Waals surface area contributed by atoms with E-state index in [9.17, 15) is 5.21 Å². The zero-order valence-electron chi connectivity index (χ0n) is 14.9. The largest absolute Gasteiger partial charge is 0.454 e. The number of pyridine rings is 1. The van der Waals surface area contributed by atoms with E-state index in [0.29, 0.717) is 28.9 Å². The molecule has 5 rings (SSSR count). The molecule has 6 heteroatoms. The molecular weight excluding hydrogens is 352 g/mol. The summed E-state index contributed by atoms with van der Waals surface area (Å²) in [6, 6.07) is 21.3. The molecule has 0 saturated carbocycles. The van der Waals surface area contributed by atoms with E-state index in [1.54, 1.807) is 12.3 Å². The van der Waals surface area contributed by atoms with Crippen molar-refractivity contribution >= 4 is 22.0 Å². The van der Waals surface area contributed by atoms with E-state index in [1.165, 1.54) is 5.56 Å². The summed E-state index contributed by atoms with van der Waals surface area (Å²) in [6.07, 6.45) is 3.54. The SMILES string of the molecule is ON=c1cc(-c2cc3c(cn2)ncn3Cc2ccccc2)oc2ccccc12. The van der Waals surface area contributed by atoms with E-state index in [2.05, 4.69) is 31.8 Å². The fraction of sp³-hybridized carbons (Fsp3) is 0.0455. The van der Waals surface area contributed by atoms with Crippen molar-refractivity contribution in [3.05, 3.63) is 90.2 Å². The van der Waals surface area contributed by atoms with Crippen molar-refractivity contribution in [1.82, 2.24) is 14.5 Å². The van der Waals surface area contributed by atoms with Gasteiger partial charge >= 0.3 is 0 Å². The third kappa shape index (κ3) is 2.81. The molecule has 0 unspecified atom stereocenters. The Morgan fingerprint density at radius 3 is 2.64 bits per heavy atom. The van der Waals surface area contributed by atoms with Gasteiger partial charge in [0.25, 0.3) is 0 Å². The number of nitrogens with zero attached hydrogens (tertiary/aromatic N) is 4. The van der Waals surface area contributed by atoms with Gasteiger partial charge in [0.15, 0.2) is 5.76 Å². The smallest absolute Gasteiger partial charge is 0.155 e. The van der Waals surface area contributed by atoms with E-state index < -0.39 is 0 Å². The van der Waals surface area contributed by atoms with E-state index in [1.807, 2.05) is 54.9 Å². The van der Waals surface area contributed by atoms with Gasteiger partial charge in [-0.15, -0.1) is 0 Å².